The van der Waals surface area contributed by atoms with Crippen molar-refractivity contribution in [3.05, 3.63) is 22.7 Å². The molecule has 1 heterocycles. The van der Waals surface area contributed by atoms with Crippen LogP contribution in [-0.2, 0) is 0 Å². The number of aliphatic hydroxyl groups excluding tert-OH is 2. The van der Waals surface area contributed by atoms with Crippen LogP contribution in [0.25, 0.3) is 0 Å². The summed E-state index contributed by atoms with van der Waals surface area (Å²) in [6.07, 6.45) is 2.27. The van der Waals surface area contributed by atoms with Crippen LogP contribution in [0.4, 0.5) is 5.82 Å². The molecular weight excluding hydrogens is 234 g/mol. The lowest BCUT2D eigenvalue weighted by Crippen LogP contribution is -2.28. The topological polar surface area (TPSA) is 78.6 Å². The number of hydrogen-bond donors (Lipinski definition) is 2. The number of hydrogen-bond acceptors (Lipinski definition) is 5. The number of anilines is 1. The van der Waals surface area contributed by atoms with Crippen LogP contribution in [0.5, 0.6) is 0 Å². The third-order valence-corrected chi connectivity index (χ3v) is 3.53. The van der Waals surface area contributed by atoms with Gasteiger partial charge in [0.05, 0.1) is 6.10 Å². The maximum Gasteiger partial charge on any atom is 0.349 e. The summed E-state index contributed by atoms with van der Waals surface area (Å²) in [5.74, 6) is 0.476. The van der Waals surface area contributed by atoms with E-state index in [0.29, 0.717) is 18.7 Å². The van der Waals surface area contributed by atoms with Crippen molar-refractivity contribution in [2.45, 2.75) is 25.0 Å². The highest BCUT2D eigenvalue weighted by atomic mass is 16.3. The van der Waals surface area contributed by atoms with Gasteiger partial charge in [0.25, 0.3) is 0 Å². The lowest BCUT2D eigenvalue weighted by molar-refractivity contribution is 0.0906. The fourth-order valence-corrected chi connectivity index (χ4v) is 2.43. The highest BCUT2D eigenvalue weighted by Crippen LogP contribution is 2.33. The van der Waals surface area contributed by atoms with E-state index in [2.05, 4.69) is 4.98 Å². The standard InChI is InChI=1S/C12H19N3O3/c1-14(2)11-3-4-15(12(18)13-11)9-5-8(7-16)10(17)6-9/h3-4,8-10,16-17H,5-7H2,1-2H3. The van der Waals surface area contributed by atoms with E-state index >= 15 is 0 Å². The maximum atomic E-state index is 11.9. The van der Waals surface area contributed by atoms with Gasteiger partial charge in [-0.15, -0.1) is 0 Å². The zero-order valence-electron chi connectivity index (χ0n) is 10.7. The highest BCUT2D eigenvalue weighted by Gasteiger charge is 2.33. The maximum absolute atomic E-state index is 11.9. The fraction of sp³-hybridized carbons (Fsp3) is 0.667. The van der Waals surface area contributed by atoms with E-state index in [1.165, 1.54) is 0 Å². The molecule has 2 rings (SSSR count). The molecule has 1 aliphatic rings. The molecule has 0 aliphatic heterocycles. The Kier molecular flexibility index (Phi) is 3.68. The van der Waals surface area contributed by atoms with E-state index in [9.17, 15) is 9.90 Å². The second kappa shape index (κ2) is 5.07. The molecule has 18 heavy (non-hydrogen) atoms. The molecule has 2 N–H and O–H groups in total. The number of aliphatic hydroxyl groups is 2. The fourth-order valence-electron chi connectivity index (χ4n) is 2.43. The second-order valence-corrected chi connectivity index (χ2v) is 5.01. The Hall–Kier alpha value is -1.40. The molecule has 3 atom stereocenters. The van der Waals surface area contributed by atoms with Crippen molar-refractivity contribution in [1.82, 2.24) is 9.55 Å². The van der Waals surface area contributed by atoms with Gasteiger partial charge >= 0.3 is 5.69 Å². The summed E-state index contributed by atoms with van der Waals surface area (Å²) in [4.78, 5) is 17.7. The first-order valence-corrected chi connectivity index (χ1v) is 6.08. The number of aromatic nitrogens is 2. The minimum Gasteiger partial charge on any atom is -0.396 e. The largest absolute Gasteiger partial charge is 0.396 e. The Morgan fingerprint density at radius 2 is 2.22 bits per heavy atom. The quantitative estimate of drug-likeness (QED) is 0.767. The van der Waals surface area contributed by atoms with Gasteiger partial charge in [0.1, 0.15) is 5.82 Å². The van der Waals surface area contributed by atoms with Crippen molar-refractivity contribution < 1.29 is 10.2 Å². The van der Waals surface area contributed by atoms with Crippen LogP contribution < -0.4 is 10.6 Å². The Morgan fingerprint density at radius 3 is 2.72 bits per heavy atom. The van der Waals surface area contributed by atoms with Crippen molar-refractivity contribution in [2.24, 2.45) is 5.92 Å². The summed E-state index contributed by atoms with van der Waals surface area (Å²) in [5, 5.41) is 18.9. The predicted octanol–water partition coefficient (Wildman–Crippen LogP) is -0.386. The van der Waals surface area contributed by atoms with Gasteiger partial charge in [-0.1, -0.05) is 0 Å². The van der Waals surface area contributed by atoms with Crippen molar-refractivity contribution in [3.8, 4) is 0 Å². The van der Waals surface area contributed by atoms with E-state index in [-0.39, 0.29) is 24.3 Å². The van der Waals surface area contributed by atoms with Gasteiger partial charge in [0.15, 0.2) is 0 Å². The van der Waals surface area contributed by atoms with E-state index in [0.717, 1.165) is 0 Å². The van der Waals surface area contributed by atoms with E-state index < -0.39 is 6.10 Å². The normalized spacial score (nSPS) is 27.4. The average Bonchev–Trinajstić information content (AvgIpc) is 2.70. The van der Waals surface area contributed by atoms with Crippen molar-refractivity contribution in [3.63, 3.8) is 0 Å². The monoisotopic (exact) mass is 253 g/mol. The van der Waals surface area contributed by atoms with Crippen molar-refractivity contribution in [1.29, 1.82) is 0 Å². The lowest BCUT2D eigenvalue weighted by Gasteiger charge is -2.15. The minimum absolute atomic E-state index is 0.0460. The van der Waals surface area contributed by atoms with Crippen molar-refractivity contribution in [2.75, 3.05) is 25.6 Å². The molecule has 0 saturated heterocycles. The van der Waals surface area contributed by atoms with Gasteiger partial charge in [0, 0.05) is 38.9 Å². The predicted molar refractivity (Wildman–Crippen MR) is 67.7 cm³/mol. The van der Waals surface area contributed by atoms with Crippen LogP contribution in [0.15, 0.2) is 17.1 Å². The zero-order valence-corrected chi connectivity index (χ0v) is 10.7. The Morgan fingerprint density at radius 1 is 1.50 bits per heavy atom. The summed E-state index contributed by atoms with van der Waals surface area (Å²) >= 11 is 0. The Bertz CT molecular complexity index is 472. The molecule has 0 amide bonds. The van der Waals surface area contributed by atoms with E-state index in [1.807, 2.05) is 14.1 Å². The third-order valence-electron chi connectivity index (χ3n) is 3.53. The van der Waals surface area contributed by atoms with Gasteiger partial charge < -0.3 is 15.1 Å². The molecule has 0 bridgehead atoms. The Balaban J connectivity index is 2.23. The molecule has 100 valence electrons. The first-order valence-electron chi connectivity index (χ1n) is 6.08. The molecule has 1 aromatic rings. The minimum atomic E-state index is -0.541. The van der Waals surface area contributed by atoms with Crippen LogP contribution in [-0.4, -0.2) is 46.6 Å². The van der Waals surface area contributed by atoms with Gasteiger partial charge in [0.2, 0.25) is 0 Å². The first kappa shape index (κ1) is 13.0. The van der Waals surface area contributed by atoms with Gasteiger partial charge in [-0.05, 0) is 18.9 Å². The third kappa shape index (κ3) is 2.39. The zero-order chi connectivity index (χ0) is 13.3. The van der Waals surface area contributed by atoms with Crippen LogP contribution in [0, 0.1) is 5.92 Å². The number of nitrogens with zero attached hydrogens (tertiary/aromatic N) is 3. The molecule has 1 aromatic heterocycles. The summed E-state index contributed by atoms with van der Waals surface area (Å²) in [6, 6.07) is 1.70. The van der Waals surface area contributed by atoms with Gasteiger partial charge in [-0.3, -0.25) is 4.57 Å². The lowest BCUT2D eigenvalue weighted by atomic mass is 10.1. The molecule has 3 unspecified atom stereocenters. The van der Waals surface area contributed by atoms with Crippen molar-refractivity contribution >= 4 is 5.82 Å². The molecule has 0 aromatic carbocycles. The highest BCUT2D eigenvalue weighted by molar-refractivity contribution is 5.33. The van der Waals surface area contributed by atoms with E-state index in [1.54, 1.807) is 21.7 Å². The summed E-state index contributed by atoms with van der Waals surface area (Å²) in [5.41, 5.74) is -0.308. The number of rotatable bonds is 3. The molecule has 6 heteroatoms. The molecular formula is C12H19N3O3. The summed E-state index contributed by atoms with van der Waals surface area (Å²) in [6.45, 7) is -0.0460. The van der Waals surface area contributed by atoms with Crippen LogP contribution >= 0.6 is 0 Å². The van der Waals surface area contributed by atoms with Gasteiger partial charge in [-0.25, -0.2) is 4.79 Å². The van der Waals surface area contributed by atoms with E-state index in [4.69, 9.17) is 5.11 Å². The average molecular weight is 253 g/mol. The molecule has 0 spiro atoms. The smallest absolute Gasteiger partial charge is 0.349 e. The van der Waals surface area contributed by atoms with Crippen LogP contribution in [0.3, 0.4) is 0 Å². The molecule has 6 nitrogen and oxygen atoms in total. The SMILES string of the molecule is CN(C)c1ccn(C2CC(O)C(CO)C2)c(=O)n1. The Labute approximate surface area is 106 Å². The molecule has 0 radical (unpaired) electrons. The first-order chi connectivity index (χ1) is 8.52. The molecule has 1 saturated carbocycles. The second-order valence-electron chi connectivity index (χ2n) is 5.01. The summed E-state index contributed by atoms with van der Waals surface area (Å²) in [7, 11) is 3.65. The van der Waals surface area contributed by atoms with Gasteiger partial charge in [-0.2, -0.15) is 4.98 Å². The molecule has 1 aliphatic carbocycles. The molecule has 1 fully saturated rings. The van der Waals surface area contributed by atoms with Crippen LogP contribution in [0.1, 0.15) is 18.9 Å². The summed E-state index contributed by atoms with van der Waals surface area (Å²) < 4.78 is 1.55. The van der Waals surface area contributed by atoms with Crippen LogP contribution in [0.2, 0.25) is 0 Å².